The molecule has 6 heteroatoms. The van der Waals surface area contributed by atoms with Gasteiger partial charge in [0.2, 0.25) is 6.79 Å². The van der Waals surface area contributed by atoms with Crippen LogP contribution in [0.4, 0.5) is 8.78 Å². The standard InChI is InChI=1S/C9H5BrF2O3/c10-6-2-8-7(14-4-15-8)1-5(6)9(11,12)3-13/h1-3H,4H2. The van der Waals surface area contributed by atoms with Gasteiger partial charge in [0.1, 0.15) is 0 Å². The first-order valence-corrected chi connectivity index (χ1v) is 4.77. The topological polar surface area (TPSA) is 35.5 Å². The van der Waals surface area contributed by atoms with Crippen molar-refractivity contribution in [1.29, 1.82) is 0 Å². The average Bonchev–Trinajstić information content (AvgIpc) is 2.63. The molecule has 1 heterocycles. The summed E-state index contributed by atoms with van der Waals surface area (Å²) in [6.07, 6.45) is -0.407. The molecule has 1 aliphatic rings. The molecule has 1 aliphatic heterocycles. The second kappa shape index (κ2) is 3.44. The van der Waals surface area contributed by atoms with Gasteiger partial charge < -0.3 is 9.47 Å². The molecule has 80 valence electrons. The van der Waals surface area contributed by atoms with Crippen LogP contribution in [0.15, 0.2) is 16.6 Å². The molecule has 3 nitrogen and oxygen atoms in total. The molecule has 0 radical (unpaired) electrons. The van der Waals surface area contributed by atoms with Crippen LogP contribution in [0, 0.1) is 0 Å². The Morgan fingerprint density at radius 3 is 2.53 bits per heavy atom. The molecule has 0 unspecified atom stereocenters. The smallest absolute Gasteiger partial charge is 0.328 e. The maximum atomic E-state index is 13.1. The number of halogens is 3. The third-order valence-electron chi connectivity index (χ3n) is 1.97. The van der Waals surface area contributed by atoms with Crippen molar-refractivity contribution in [2.24, 2.45) is 0 Å². The van der Waals surface area contributed by atoms with Crippen LogP contribution in [0.3, 0.4) is 0 Å². The fourth-order valence-corrected chi connectivity index (χ4v) is 1.82. The van der Waals surface area contributed by atoms with E-state index in [0.29, 0.717) is 5.75 Å². The lowest BCUT2D eigenvalue weighted by Gasteiger charge is -2.11. The summed E-state index contributed by atoms with van der Waals surface area (Å²) >= 11 is 2.95. The van der Waals surface area contributed by atoms with Crippen molar-refractivity contribution in [2.75, 3.05) is 6.79 Å². The van der Waals surface area contributed by atoms with Crippen LogP contribution in [0.25, 0.3) is 0 Å². The molecule has 0 atom stereocenters. The lowest BCUT2D eigenvalue weighted by Crippen LogP contribution is -2.15. The first kappa shape index (κ1) is 10.4. The molecule has 0 amide bonds. The van der Waals surface area contributed by atoms with Crippen LogP contribution in [-0.2, 0) is 10.7 Å². The molecular weight excluding hydrogens is 274 g/mol. The highest BCUT2D eigenvalue weighted by molar-refractivity contribution is 9.10. The van der Waals surface area contributed by atoms with Crippen molar-refractivity contribution in [3.8, 4) is 11.5 Å². The minimum Gasteiger partial charge on any atom is -0.454 e. The number of fused-ring (bicyclic) bond motifs is 1. The number of rotatable bonds is 2. The van der Waals surface area contributed by atoms with E-state index < -0.39 is 17.8 Å². The predicted octanol–water partition coefficient (Wildman–Crippen LogP) is 2.47. The Morgan fingerprint density at radius 2 is 1.93 bits per heavy atom. The number of hydrogen-bond donors (Lipinski definition) is 0. The molecule has 0 bridgehead atoms. The van der Waals surface area contributed by atoms with E-state index in [9.17, 15) is 13.6 Å². The second-order valence-electron chi connectivity index (χ2n) is 2.93. The van der Waals surface area contributed by atoms with Crippen LogP contribution in [0.5, 0.6) is 11.5 Å². The lowest BCUT2D eigenvalue weighted by molar-refractivity contribution is -0.130. The van der Waals surface area contributed by atoms with Crippen molar-refractivity contribution in [3.63, 3.8) is 0 Å². The van der Waals surface area contributed by atoms with Gasteiger partial charge in [0.25, 0.3) is 0 Å². The van der Waals surface area contributed by atoms with Crippen LogP contribution >= 0.6 is 15.9 Å². The molecule has 1 aromatic rings. The number of benzene rings is 1. The highest BCUT2D eigenvalue weighted by Gasteiger charge is 2.35. The molecule has 2 rings (SSSR count). The first-order chi connectivity index (χ1) is 7.04. The minimum absolute atomic E-state index is 0.00210. The van der Waals surface area contributed by atoms with E-state index in [1.165, 1.54) is 6.07 Å². The number of ether oxygens (including phenoxy) is 2. The predicted molar refractivity (Wildman–Crippen MR) is 50.2 cm³/mol. The Bertz CT molecular complexity index is 420. The maximum Gasteiger partial charge on any atom is 0.328 e. The summed E-state index contributed by atoms with van der Waals surface area (Å²) in [5, 5.41) is 0. The Morgan fingerprint density at radius 1 is 1.33 bits per heavy atom. The summed E-state index contributed by atoms with van der Waals surface area (Å²) in [4.78, 5) is 10.2. The molecule has 0 N–H and O–H groups in total. The zero-order valence-corrected chi connectivity index (χ0v) is 8.88. The first-order valence-electron chi connectivity index (χ1n) is 3.98. The highest BCUT2D eigenvalue weighted by Crippen LogP contribution is 2.41. The van der Waals surface area contributed by atoms with Crippen molar-refractivity contribution >= 4 is 22.2 Å². The Labute approximate surface area is 92.1 Å². The monoisotopic (exact) mass is 278 g/mol. The van der Waals surface area contributed by atoms with Gasteiger partial charge >= 0.3 is 5.92 Å². The van der Waals surface area contributed by atoms with E-state index in [-0.39, 0.29) is 17.0 Å². The zero-order valence-electron chi connectivity index (χ0n) is 7.30. The van der Waals surface area contributed by atoms with E-state index in [1.54, 1.807) is 0 Å². The van der Waals surface area contributed by atoms with Crippen LogP contribution in [0.1, 0.15) is 5.56 Å². The van der Waals surface area contributed by atoms with Gasteiger partial charge in [-0.3, -0.25) is 4.79 Å². The van der Waals surface area contributed by atoms with Crippen LogP contribution in [0.2, 0.25) is 0 Å². The van der Waals surface area contributed by atoms with E-state index in [0.717, 1.165) is 6.07 Å². The summed E-state index contributed by atoms with van der Waals surface area (Å²) in [6, 6.07) is 2.45. The summed E-state index contributed by atoms with van der Waals surface area (Å²) in [7, 11) is 0. The molecule has 1 aromatic carbocycles. The van der Waals surface area contributed by atoms with Gasteiger partial charge in [-0.25, -0.2) is 0 Å². The van der Waals surface area contributed by atoms with Gasteiger partial charge in [-0.05, 0) is 12.1 Å². The minimum atomic E-state index is -3.53. The van der Waals surface area contributed by atoms with E-state index in [1.807, 2.05) is 0 Å². The fraction of sp³-hybridized carbons (Fsp3) is 0.222. The Kier molecular flexibility index (Phi) is 2.38. The number of carbonyl (C=O) groups excluding carboxylic acids is 1. The molecule has 0 aromatic heterocycles. The maximum absolute atomic E-state index is 13.1. The second-order valence-corrected chi connectivity index (χ2v) is 3.78. The number of hydrogen-bond acceptors (Lipinski definition) is 3. The van der Waals surface area contributed by atoms with Crippen LogP contribution < -0.4 is 9.47 Å². The molecule has 0 saturated carbocycles. The van der Waals surface area contributed by atoms with Gasteiger partial charge in [-0.2, -0.15) is 8.78 Å². The van der Waals surface area contributed by atoms with Crippen molar-refractivity contribution in [2.45, 2.75) is 5.92 Å². The number of carbonyl (C=O) groups is 1. The van der Waals surface area contributed by atoms with Crippen molar-refractivity contribution in [3.05, 3.63) is 22.2 Å². The lowest BCUT2D eigenvalue weighted by atomic mass is 10.1. The summed E-state index contributed by atoms with van der Waals surface area (Å²) in [5.74, 6) is -2.93. The molecule has 15 heavy (non-hydrogen) atoms. The van der Waals surface area contributed by atoms with Gasteiger partial charge in [0, 0.05) is 10.0 Å². The van der Waals surface area contributed by atoms with E-state index in [2.05, 4.69) is 15.9 Å². The Hall–Kier alpha value is -1.17. The van der Waals surface area contributed by atoms with Crippen molar-refractivity contribution < 1.29 is 23.0 Å². The third kappa shape index (κ3) is 1.69. The molecule has 0 spiro atoms. The largest absolute Gasteiger partial charge is 0.454 e. The number of alkyl halides is 2. The van der Waals surface area contributed by atoms with E-state index in [4.69, 9.17) is 9.47 Å². The molecule has 0 aliphatic carbocycles. The fourth-order valence-electron chi connectivity index (χ4n) is 1.24. The van der Waals surface area contributed by atoms with Crippen LogP contribution in [-0.4, -0.2) is 13.1 Å². The van der Waals surface area contributed by atoms with Gasteiger partial charge in [0.05, 0.1) is 0 Å². The average molecular weight is 279 g/mol. The summed E-state index contributed by atoms with van der Waals surface area (Å²) < 4.78 is 36.3. The molecule has 0 fully saturated rings. The zero-order chi connectivity index (χ0) is 11.1. The SMILES string of the molecule is O=CC(F)(F)c1cc2c(cc1Br)OCO2. The van der Waals surface area contributed by atoms with E-state index >= 15 is 0 Å². The molecule has 0 saturated heterocycles. The molecular formula is C9H5BrF2O3. The number of aldehydes is 1. The Balaban J connectivity index is 2.54. The normalized spacial score (nSPS) is 14.1. The summed E-state index contributed by atoms with van der Waals surface area (Å²) in [6.45, 7) is -0.00210. The van der Waals surface area contributed by atoms with Crippen molar-refractivity contribution in [1.82, 2.24) is 0 Å². The highest BCUT2D eigenvalue weighted by atomic mass is 79.9. The van der Waals surface area contributed by atoms with Gasteiger partial charge in [-0.1, -0.05) is 15.9 Å². The van der Waals surface area contributed by atoms with Gasteiger partial charge in [-0.15, -0.1) is 0 Å². The summed E-state index contributed by atoms with van der Waals surface area (Å²) in [5.41, 5.74) is -0.429. The third-order valence-corrected chi connectivity index (χ3v) is 2.63. The van der Waals surface area contributed by atoms with Gasteiger partial charge in [0.15, 0.2) is 17.8 Å². The quantitative estimate of drug-likeness (QED) is 0.780.